The van der Waals surface area contributed by atoms with E-state index in [4.69, 9.17) is 10.2 Å². The summed E-state index contributed by atoms with van der Waals surface area (Å²) >= 11 is 1.61. The molecule has 0 fully saturated rings. The van der Waals surface area contributed by atoms with Crippen LogP contribution in [-0.2, 0) is 0 Å². The third-order valence-electron chi connectivity index (χ3n) is 0.700. The van der Waals surface area contributed by atoms with Gasteiger partial charge in [-0.3, -0.25) is 0 Å². The second-order valence-corrected chi connectivity index (χ2v) is 2.52. The third kappa shape index (κ3) is 7.67. The molecule has 0 aromatic rings. The maximum Gasteiger partial charge on any atom is 0.108 e. The first-order valence-corrected chi connectivity index (χ1v) is 3.88. The molecule has 2 N–H and O–H groups in total. The molecule has 52 valence electrons. The Kier molecular flexibility index (Phi) is 7.39. The molecule has 0 aliphatic carbocycles. The number of hydrogen-bond acceptors (Lipinski definition) is 3. The van der Waals surface area contributed by atoms with Crippen LogP contribution in [0.4, 0.5) is 0 Å². The van der Waals surface area contributed by atoms with Gasteiger partial charge in [-0.15, -0.1) is 11.8 Å². The largest absolute Gasteiger partial charge is 0.462 e. The predicted octanol–water partition coefficient (Wildman–Crippen LogP) is 0.435. The van der Waals surface area contributed by atoms with Crippen molar-refractivity contribution >= 4 is 11.8 Å². The van der Waals surface area contributed by atoms with Gasteiger partial charge in [-0.05, 0) is 18.1 Å². The van der Waals surface area contributed by atoms with Gasteiger partial charge in [-0.25, -0.2) is 0 Å². The maximum absolute atomic E-state index is 8.32. The molecule has 0 aromatic carbocycles. The molecule has 0 rings (SSSR count). The molecule has 0 spiro atoms. The number of rotatable bonds is 4. The fourth-order valence-electron chi connectivity index (χ4n) is 0.322. The Labute approximate surface area is 59.3 Å². The van der Waals surface area contributed by atoms with E-state index in [1.54, 1.807) is 11.8 Å². The summed E-state index contributed by atoms with van der Waals surface area (Å²) in [7, 11) is 0. The zero-order chi connectivity index (χ0) is 6.95. The Morgan fingerprint density at radius 3 is 2.78 bits per heavy atom. The van der Waals surface area contributed by atoms with Crippen LogP contribution in [0, 0.1) is 12.0 Å². The van der Waals surface area contributed by atoms with Crippen LogP contribution < -0.4 is 0 Å². The molecular formula is C6H10O2S. The lowest BCUT2D eigenvalue weighted by molar-refractivity contribution is 0.296. The van der Waals surface area contributed by atoms with Crippen LogP contribution in [0.3, 0.4) is 0 Å². The van der Waals surface area contributed by atoms with Crippen LogP contribution >= 0.6 is 11.8 Å². The summed E-state index contributed by atoms with van der Waals surface area (Å²) in [5.41, 5.74) is 0. The lowest BCUT2D eigenvalue weighted by Crippen LogP contribution is -1.85. The molecular weight excluding hydrogens is 136 g/mol. The van der Waals surface area contributed by atoms with E-state index in [0.717, 1.165) is 12.2 Å². The molecule has 3 heteroatoms. The Balaban J connectivity index is 2.80. The van der Waals surface area contributed by atoms with Crippen molar-refractivity contribution in [2.45, 2.75) is 6.42 Å². The molecule has 0 saturated heterocycles. The van der Waals surface area contributed by atoms with Crippen molar-refractivity contribution in [1.29, 1.82) is 0 Å². The number of aliphatic hydroxyl groups is 2. The van der Waals surface area contributed by atoms with E-state index >= 15 is 0 Å². The Morgan fingerprint density at radius 2 is 2.22 bits per heavy atom. The normalized spacial score (nSPS) is 8.11. The van der Waals surface area contributed by atoms with Gasteiger partial charge in [0, 0.05) is 6.61 Å². The standard InChI is InChI=1S/C6H10O2S/c7-3-1-5-9-6-2-4-8/h7-8H,1,3,5-6H2. The molecule has 0 aromatic heterocycles. The highest BCUT2D eigenvalue weighted by Crippen LogP contribution is 1.99. The number of thioether (sulfide) groups is 1. The Hall–Kier alpha value is -0.330. The van der Waals surface area contributed by atoms with Crippen molar-refractivity contribution < 1.29 is 10.2 Å². The average Bonchev–Trinajstić information content (AvgIpc) is 1.89. The van der Waals surface area contributed by atoms with Crippen LogP contribution in [0.2, 0.25) is 0 Å². The van der Waals surface area contributed by atoms with Gasteiger partial charge in [0.05, 0.1) is 5.75 Å². The van der Waals surface area contributed by atoms with Crippen molar-refractivity contribution in [3.8, 4) is 12.0 Å². The van der Waals surface area contributed by atoms with Crippen LogP contribution in [-0.4, -0.2) is 28.3 Å². The first kappa shape index (κ1) is 8.67. The molecule has 0 bridgehead atoms. The van der Waals surface area contributed by atoms with Gasteiger partial charge >= 0.3 is 0 Å². The van der Waals surface area contributed by atoms with Crippen LogP contribution in [0.5, 0.6) is 0 Å². The van der Waals surface area contributed by atoms with E-state index in [2.05, 4.69) is 5.92 Å². The van der Waals surface area contributed by atoms with E-state index in [1.807, 2.05) is 6.11 Å². The van der Waals surface area contributed by atoms with Gasteiger partial charge in [-0.2, -0.15) is 0 Å². The minimum absolute atomic E-state index is 0.236. The van der Waals surface area contributed by atoms with E-state index < -0.39 is 0 Å². The summed E-state index contributed by atoms with van der Waals surface area (Å²) in [5, 5.41) is 16.3. The van der Waals surface area contributed by atoms with E-state index in [9.17, 15) is 0 Å². The highest BCUT2D eigenvalue weighted by atomic mass is 32.2. The average molecular weight is 146 g/mol. The predicted molar refractivity (Wildman–Crippen MR) is 38.7 cm³/mol. The first-order valence-electron chi connectivity index (χ1n) is 2.72. The Morgan fingerprint density at radius 1 is 1.44 bits per heavy atom. The van der Waals surface area contributed by atoms with Crippen molar-refractivity contribution in [3.05, 3.63) is 0 Å². The summed E-state index contributed by atoms with van der Waals surface area (Å²) in [5.74, 6) is 4.05. The van der Waals surface area contributed by atoms with E-state index in [1.165, 1.54) is 0 Å². The maximum atomic E-state index is 8.32. The van der Waals surface area contributed by atoms with E-state index in [-0.39, 0.29) is 6.61 Å². The molecule has 0 heterocycles. The SMILES string of the molecule is OC#CCSCCCO. The van der Waals surface area contributed by atoms with Gasteiger partial charge in [-0.1, -0.05) is 0 Å². The van der Waals surface area contributed by atoms with Gasteiger partial charge in [0.1, 0.15) is 6.11 Å². The second kappa shape index (κ2) is 7.67. The molecule has 0 aliphatic rings. The third-order valence-corrected chi connectivity index (χ3v) is 1.63. The Bertz CT molecular complexity index is 103. The summed E-state index contributed by atoms with van der Waals surface area (Å²) in [6.07, 6.45) is 2.61. The van der Waals surface area contributed by atoms with Crippen molar-refractivity contribution in [2.75, 3.05) is 18.1 Å². The quantitative estimate of drug-likeness (QED) is 0.446. The van der Waals surface area contributed by atoms with Crippen molar-refractivity contribution in [2.24, 2.45) is 0 Å². The van der Waals surface area contributed by atoms with E-state index in [0.29, 0.717) is 5.75 Å². The topological polar surface area (TPSA) is 40.5 Å². The highest BCUT2D eigenvalue weighted by Gasteiger charge is 1.83. The van der Waals surface area contributed by atoms with Gasteiger partial charge < -0.3 is 10.2 Å². The molecule has 9 heavy (non-hydrogen) atoms. The van der Waals surface area contributed by atoms with Crippen molar-refractivity contribution in [1.82, 2.24) is 0 Å². The van der Waals surface area contributed by atoms with Gasteiger partial charge in [0.2, 0.25) is 0 Å². The van der Waals surface area contributed by atoms with Crippen LogP contribution in [0.1, 0.15) is 6.42 Å². The summed E-state index contributed by atoms with van der Waals surface area (Å²) in [6, 6.07) is 0. The molecule has 0 saturated carbocycles. The summed E-state index contributed by atoms with van der Waals surface area (Å²) < 4.78 is 0. The van der Waals surface area contributed by atoms with Gasteiger partial charge in [0.25, 0.3) is 0 Å². The molecule has 0 aliphatic heterocycles. The molecule has 0 atom stereocenters. The molecule has 0 radical (unpaired) electrons. The molecule has 0 amide bonds. The molecule has 0 unspecified atom stereocenters. The smallest absolute Gasteiger partial charge is 0.108 e. The zero-order valence-electron chi connectivity index (χ0n) is 5.13. The van der Waals surface area contributed by atoms with Crippen LogP contribution in [0.15, 0.2) is 0 Å². The minimum Gasteiger partial charge on any atom is -0.462 e. The number of hydrogen-bond donors (Lipinski definition) is 2. The lowest BCUT2D eigenvalue weighted by Gasteiger charge is -1.90. The minimum atomic E-state index is 0.236. The lowest BCUT2D eigenvalue weighted by atomic mass is 10.5. The highest BCUT2D eigenvalue weighted by molar-refractivity contribution is 7.99. The fourth-order valence-corrected chi connectivity index (χ4v) is 0.966. The van der Waals surface area contributed by atoms with Crippen LogP contribution in [0.25, 0.3) is 0 Å². The molecule has 2 nitrogen and oxygen atoms in total. The number of aliphatic hydroxyl groups excluding tert-OH is 2. The fraction of sp³-hybridized carbons (Fsp3) is 0.667. The monoisotopic (exact) mass is 146 g/mol. The van der Waals surface area contributed by atoms with Gasteiger partial charge in [0.15, 0.2) is 0 Å². The first-order chi connectivity index (χ1) is 4.41. The zero-order valence-corrected chi connectivity index (χ0v) is 5.95. The summed E-state index contributed by atoms with van der Waals surface area (Å²) in [4.78, 5) is 0. The summed E-state index contributed by atoms with van der Waals surface area (Å²) in [6.45, 7) is 0.236. The van der Waals surface area contributed by atoms with Crippen molar-refractivity contribution in [3.63, 3.8) is 0 Å². The second-order valence-electron chi connectivity index (χ2n) is 1.42.